The van der Waals surface area contributed by atoms with E-state index >= 15 is 0 Å². The second-order valence-corrected chi connectivity index (χ2v) is 9.57. The van der Waals surface area contributed by atoms with Gasteiger partial charge in [-0.05, 0) is 19.3 Å². The third kappa shape index (κ3) is 15.8. The van der Waals surface area contributed by atoms with Crippen LogP contribution in [0.15, 0.2) is 12.2 Å². The van der Waals surface area contributed by atoms with Crippen molar-refractivity contribution in [2.75, 3.05) is 46.7 Å². The fraction of sp³-hybridized carbons (Fsp3) is 0.739. The van der Waals surface area contributed by atoms with Gasteiger partial charge in [-0.2, -0.15) is 0 Å². The summed E-state index contributed by atoms with van der Waals surface area (Å²) in [5.41, 5.74) is 0. The highest BCUT2D eigenvalue weighted by Gasteiger charge is 2.23. The van der Waals surface area contributed by atoms with Crippen LogP contribution in [0.3, 0.4) is 0 Å². The zero-order valence-electron chi connectivity index (χ0n) is 20.4. The van der Waals surface area contributed by atoms with E-state index in [0.717, 1.165) is 37.7 Å². The number of amides is 2. The summed E-state index contributed by atoms with van der Waals surface area (Å²) in [7, 11) is -3.07. The largest absolute Gasteiger partial charge is 0.756 e. The van der Waals surface area contributed by atoms with Crippen molar-refractivity contribution in [3.8, 4) is 0 Å². The standard InChI is InChI=1S/C23H38NO10P/c1-31-35(29,30)34-16-6-4-2-3-5-8-21(26)13-17-33-19-18-32-15-7-9-20(25)12-14-24-22(27)10-11-23(24)28/h10-11H,2-9,12-19H2,1H3,(H,29,30)/p-1. The predicted octanol–water partition coefficient (Wildman–Crippen LogP) is 2.12. The minimum Gasteiger partial charge on any atom is -0.756 e. The molecular weight excluding hydrogens is 481 g/mol. The lowest BCUT2D eigenvalue weighted by molar-refractivity contribution is -0.223. The maximum atomic E-state index is 11.8. The molecule has 12 heteroatoms. The number of hydrogen-bond donors (Lipinski definition) is 0. The smallest absolute Gasteiger partial charge is 0.267 e. The maximum absolute atomic E-state index is 11.8. The molecule has 0 aromatic carbocycles. The molecule has 1 heterocycles. The fourth-order valence-corrected chi connectivity index (χ4v) is 3.66. The number of hydrogen-bond acceptors (Lipinski definition) is 10. The summed E-state index contributed by atoms with van der Waals surface area (Å²) in [6.45, 7) is 1.71. The number of phosphoric ester groups is 1. The van der Waals surface area contributed by atoms with E-state index in [9.17, 15) is 28.6 Å². The highest BCUT2D eigenvalue weighted by atomic mass is 31.2. The molecule has 1 aliphatic rings. The molecule has 0 saturated heterocycles. The Morgan fingerprint density at radius 2 is 1.34 bits per heavy atom. The van der Waals surface area contributed by atoms with Crippen molar-refractivity contribution >= 4 is 31.2 Å². The fourth-order valence-electron chi connectivity index (χ4n) is 3.20. The van der Waals surface area contributed by atoms with Gasteiger partial charge >= 0.3 is 0 Å². The van der Waals surface area contributed by atoms with Crippen LogP contribution in [0.1, 0.15) is 64.2 Å². The van der Waals surface area contributed by atoms with E-state index in [4.69, 9.17) is 9.47 Å². The van der Waals surface area contributed by atoms with E-state index < -0.39 is 7.82 Å². The van der Waals surface area contributed by atoms with Crippen LogP contribution in [0.2, 0.25) is 0 Å². The number of unbranched alkanes of at least 4 members (excludes halogenated alkanes) is 4. The van der Waals surface area contributed by atoms with Gasteiger partial charge in [0.05, 0.1) is 26.4 Å². The number of carbonyl (C=O) groups excluding carboxylic acids is 4. The number of phosphoric acid groups is 1. The van der Waals surface area contributed by atoms with Crippen molar-refractivity contribution in [3.05, 3.63) is 12.2 Å². The summed E-state index contributed by atoms with van der Waals surface area (Å²) >= 11 is 0. The van der Waals surface area contributed by atoms with Crippen molar-refractivity contribution in [2.45, 2.75) is 64.2 Å². The van der Waals surface area contributed by atoms with Gasteiger partial charge in [0.15, 0.2) is 0 Å². The quantitative estimate of drug-likeness (QED) is 0.112. The Balaban J connectivity index is 1.83. The lowest BCUT2D eigenvalue weighted by atomic mass is 10.1. The Kier molecular flexibility index (Phi) is 16.5. The molecule has 2 amide bonds. The molecule has 1 atom stereocenters. The van der Waals surface area contributed by atoms with Crippen LogP contribution in [-0.2, 0) is 42.3 Å². The first kappa shape index (κ1) is 31.3. The Bertz CT molecular complexity index is 737. The van der Waals surface area contributed by atoms with Gasteiger partial charge in [-0.1, -0.05) is 19.3 Å². The molecule has 11 nitrogen and oxygen atoms in total. The summed E-state index contributed by atoms with van der Waals surface area (Å²) in [6.07, 6.45) is 8.32. The van der Waals surface area contributed by atoms with Crippen LogP contribution in [0.5, 0.6) is 0 Å². The van der Waals surface area contributed by atoms with E-state index in [1.165, 1.54) is 12.2 Å². The van der Waals surface area contributed by atoms with Gasteiger partial charge in [-0.15, -0.1) is 0 Å². The molecule has 0 aromatic heterocycles. The third-order valence-electron chi connectivity index (χ3n) is 5.23. The van der Waals surface area contributed by atoms with Gasteiger partial charge in [0.1, 0.15) is 11.6 Å². The number of rotatable bonds is 23. The zero-order valence-corrected chi connectivity index (χ0v) is 21.3. The van der Waals surface area contributed by atoms with E-state index in [1.54, 1.807) is 0 Å². The molecule has 0 aliphatic carbocycles. The first-order valence-electron chi connectivity index (χ1n) is 12.0. The molecule has 0 spiro atoms. The molecule has 1 aliphatic heterocycles. The molecular formula is C23H37NO10P-. The highest BCUT2D eigenvalue weighted by Crippen LogP contribution is 2.36. The molecule has 1 rings (SSSR count). The van der Waals surface area contributed by atoms with Crippen molar-refractivity contribution in [2.24, 2.45) is 0 Å². The summed E-state index contributed by atoms with van der Waals surface area (Å²) in [4.78, 5) is 58.5. The topological polar surface area (TPSA) is 149 Å². The molecule has 0 radical (unpaired) electrons. The first-order chi connectivity index (χ1) is 16.7. The number of ether oxygens (including phenoxy) is 2. The molecule has 35 heavy (non-hydrogen) atoms. The first-order valence-corrected chi connectivity index (χ1v) is 13.4. The average Bonchev–Trinajstić information content (AvgIpc) is 3.15. The molecule has 1 unspecified atom stereocenters. The second kappa shape index (κ2) is 18.5. The van der Waals surface area contributed by atoms with E-state index in [0.29, 0.717) is 58.5 Å². The Hall–Kier alpha value is -1.75. The van der Waals surface area contributed by atoms with Gasteiger partial charge < -0.3 is 23.4 Å². The van der Waals surface area contributed by atoms with Crippen molar-refractivity contribution in [1.29, 1.82) is 0 Å². The van der Waals surface area contributed by atoms with E-state index in [2.05, 4.69) is 9.05 Å². The highest BCUT2D eigenvalue weighted by molar-refractivity contribution is 7.45. The monoisotopic (exact) mass is 518 g/mol. The Labute approximate surface area is 206 Å². The molecule has 200 valence electrons. The van der Waals surface area contributed by atoms with Crippen LogP contribution < -0.4 is 4.89 Å². The minimum atomic E-state index is -4.13. The lowest BCUT2D eigenvalue weighted by Crippen LogP contribution is -2.32. The van der Waals surface area contributed by atoms with Gasteiger partial charge in [0.2, 0.25) is 0 Å². The van der Waals surface area contributed by atoms with Gasteiger partial charge in [0.25, 0.3) is 19.6 Å². The number of ketones is 2. The SMILES string of the molecule is COP(=O)([O-])OCCCCCCCC(=O)CCOCCOCCCC(=O)CCN1C(=O)C=CC1=O. The van der Waals surface area contributed by atoms with Gasteiger partial charge in [0, 0.05) is 58.1 Å². The average molecular weight is 519 g/mol. The molecule has 0 saturated carbocycles. The van der Waals surface area contributed by atoms with Crippen LogP contribution in [0.25, 0.3) is 0 Å². The number of Topliss-reactive ketones (excluding diaryl/α,β-unsaturated/α-hetero) is 2. The summed E-state index contributed by atoms with van der Waals surface area (Å²) in [5.74, 6) is -0.644. The predicted molar refractivity (Wildman–Crippen MR) is 124 cm³/mol. The second-order valence-electron chi connectivity index (χ2n) is 8.05. The van der Waals surface area contributed by atoms with Crippen LogP contribution >= 0.6 is 7.82 Å². The lowest BCUT2D eigenvalue weighted by Gasteiger charge is -2.19. The number of carbonyl (C=O) groups is 4. The molecule has 0 N–H and O–H groups in total. The summed E-state index contributed by atoms with van der Waals surface area (Å²) < 4.78 is 30.6. The third-order valence-corrected chi connectivity index (χ3v) is 6.18. The van der Waals surface area contributed by atoms with E-state index in [-0.39, 0.29) is 43.0 Å². The maximum Gasteiger partial charge on any atom is 0.267 e. The molecule has 0 bridgehead atoms. The van der Waals surface area contributed by atoms with Crippen LogP contribution in [-0.4, -0.2) is 75.0 Å². The van der Waals surface area contributed by atoms with Crippen molar-refractivity contribution in [3.63, 3.8) is 0 Å². The molecule has 0 aromatic rings. The normalized spacial score (nSPS) is 15.1. The summed E-state index contributed by atoms with van der Waals surface area (Å²) in [6, 6.07) is 0. The van der Waals surface area contributed by atoms with Crippen LogP contribution in [0, 0.1) is 0 Å². The summed E-state index contributed by atoms with van der Waals surface area (Å²) in [5, 5.41) is 0. The van der Waals surface area contributed by atoms with E-state index in [1.807, 2.05) is 0 Å². The number of imide groups is 1. The number of nitrogens with zero attached hydrogens (tertiary/aromatic N) is 1. The Morgan fingerprint density at radius 1 is 0.771 bits per heavy atom. The zero-order chi connectivity index (χ0) is 25.9. The Morgan fingerprint density at radius 3 is 2.03 bits per heavy atom. The van der Waals surface area contributed by atoms with Gasteiger partial charge in [-0.25, -0.2) is 0 Å². The van der Waals surface area contributed by atoms with Crippen molar-refractivity contribution in [1.82, 2.24) is 4.90 Å². The van der Waals surface area contributed by atoms with Gasteiger partial charge in [-0.3, -0.25) is 28.6 Å². The van der Waals surface area contributed by atoms with Crippen molar-refractivity contribution < 1.29 is 47.2 Å². The minimum absolute atomic E-state index is 0.0253. The van der Waals surface area contributed by atoms with Crippen LogP contribution in [0.4, 0.5) is 0 Å². The molecule has 0 fully saturated rings.